The first-order valence-corrected chi connectivity index (χ1v) is 7.10. The quantitative estimate of drug-likeness (QED) is 0.904. The molecule has 0 fully saturated rings. The largest absolute Gasteiger partial charge is 0.392 e. The molecule has 1 N–H and O–H groups in total. The van der Waals surface area contributed by atoms with Crippen LogP contribution in [0.4, 0.5) is 0 Å². The van der Waals surface area contributed by atoms with Crippen molar-refractivity contribution in [2.75, 3.05) is 0 Å². The zero-order valence-corrected chi connectivity index (χ0v) is 11.5. The van der Waals surface area contributed by atoms with Crippen LogP contribution in [0.3, 0.4) is 0 Å². The maximum atomic E-state index is 10.4. The molecule has 0 saturated heterocycles. The first kappa shape index (κ1) is 12.7. The van der Waals surface area contributed by atoms with E-state index in [1.807, 2.05) is 24.3 Å². The van der Waals surface area contributed by atoms with Crippen LogP contribution in [-0.2, 0) is 19.3 Å². The van der Waals surface area contributed by atoms with E-state index in [-0.39, 0.29) is 6.10 Å². The molecule has 0 radical (unpaired) electrons. The second-order valence-electron chi connectivity index (χ2n) is 5.30. The monoisotopic (exact) mass is 272 g/mol. The lowest BCUT2D eigenvalue weighted by Crippen LogP contribution is -2.23. The highest BCUT2D eigenvalue weighted by molar-refractivity contribution is 6.31. The van der Waals surface area contributed by atoms with Crippen molar-refractivity contribution in [2.24, 2.45) is 5.92 Å². The zero-order chi connectivity index (χ0) is 13.2. The molecule has 2 heteroatoms. The number of benzene rings is 2. The van der Waals surface area contributed by atoms with Gasteiger partial charge in [0.2, 0.25) is 0 Å². The Hall–Kier alpha value is -1.31. The van der Waals surface area contributed by atoms with Crippen LogP contribution in [0.2, 0.25) is 5.02 Å². The van der Waals surface area contributed by atoms with Crippen molar-refractivity contribution in [3.63, 3.8) is 0 Å². The van der Waals surface area contributed by atoms with Crippen LogP contribution >= 0.6 is 11.6 Å². The maximum absolute atomic E-state index is 10.4. The minimum atomic E-state index is -0.327. The van der Waals surface area contributed by atoms with E-state index in [0.717, 1.165) is 23.4 Å². The number of fused-ring (bicyclic) bond motifs is 1. The number of aliphatic hydroxyl groups is 1. The van der Waals surface area contributed by atoms with Gasteiger partial charge in [0, 0.05) is 11.4 Å². The Morgan fingerprint density at radius 2 is 1.58 bits per heavy atom. The Kier molecular flexibility index (Phi) is 3.58. The minimum absolute atomic E-state index is 0.314. The van der Waals surface area contributed by atoms with Crippen molar-refractivity contribution in [2.45, 2.75) is 25.4 Å². The smallest absolute Gasteiger partial charge is 0.0615 e. The van der Waals surface area contributed by atoms with Gasteiger partial charge in [0.1, 0.15) is 0 Å². The van der Waals surface area contributed by atoms with Gasteiger partial charge in [0.05, 0.1) is 6.10 Å². The van der Waals surface area contributed by atoms with Crippen LogP contribution in [0, 0.1) is 5.92 Å². The summed E-state index contributed by atoms with van der Waals surface area (Å²) in [6.45, 7) is 0. The topological polar surface area (TPSA) is 20.2 Å². The van der Waals surface area contributed by atoms with Gasteiger partial charge >= 0.3 is 0 Å². The van der Waals surface area contributed by atoms with Crippen LogP contribution in [0.5, 0.6) is 0 Å². The van der Waals surface area contributed by atoms with Gasteiger partial charge in [-0.1, -0.05) is 54.1 Å². The predicted molar refractivity (Wildman–Crippen MR) is 78.5 cm³/mol. The summed E-state index contributed by atoms with van der Waals surface area (Å²) in [5.74, 6) is 0.314. The highest BCUT2D eigenvalue weighted by Gasteiger charge is 2.27. The van der Waals surface area contributed by atoms with Gasteiger partial charge in [-0.2, -0.15) is 0 Å². The molecule has 0 aliphatic heterocycles. The fourth-order valence-electron chi connectivity index (χ4n) is 2.92. The Morgan fingerprint density at radius 1 is 1.00 bits per heavy atom. The second-order valence-corrected chi connectivity index (χ2v) is 5.71. The van der Waals surface area contributed by atoms with Crippen LogP contribution < -0.4 is 0 Å². The summed E-state index contributed by atoms with van der Waals surface area (Å²) < 4.78 is 0. The number of hydrogen-bond acceptors (Lipinski definition) is 1. The molecule has 1 aliphatic rings. The number of hydrogen-bond donors (Lipinski definition) is 1. The lowest BCUT2D eigenvalue weighted by atomic mass is 9.93. The van der Waals surface area contributed by atoms with E-state index in [9.17, 15) is 5.11 Å². The molecule has 0 aromatic heterocycles. The molecule has 1 unspecified atom stereocenters. The number of aliphatic hydroxyl groups excluding tert-OH is 1. The van der Waals surface area contributed by atoms with E-state index in [1.54, 1.807) is 0 Å². The number of halogens is 1. The maximum Gasteiger partial charge on any atom is 0.0615 e. The fourth-order valence-corrected chi connectivity index (χ4v) is 3.13. The SMILES string of the molecule is OC(Cc1ccccc1Cl)C1Cc2ccccc2C1. The molecule has 0 amide bonds. The first-order valence-electron chi connectivity index (χ1n) is 6.72. The molecule has 0 heterocycles. The third-order valence-electron chi connectivity index (χ3n) is 4.01. The van der Waals surface area contributed by atoms with Crippen molar-refractivity contribution in [3.8, 4) is 0 Å². The summed E-state index contributed by atoms with van der Waals surface area (Å²) in [5, 5.41) is 11.2. The molecule has 0 bridgehead atoms. The van der Waals surface area contributed by atoms with Crippen molar-refractivity contribution >= 4 is 11.6 Å². The standard InChI is InChI=1S/C17H17ClO/c18-16-8-4-3-7-14(16)11-17(19)15-9-12-5-1-2-6-13(12)10-15/h1-8,15,17,19H,9-11H2. The van der Waals surface area contributed by atoms with Gasteiger partial charge in [0.15, 0.2) is 0 Å². The van der Waals surface area contributed by atoms with Crippen LogP contribution in [-0.4, -0.2) is 11.2 Å². The van der Waals surface area contributed by atoms with Gasteiger partial charge in [-0.25, -0.2) is 0 Å². The van der Waals surface area contributed by atoms with Crippen LogP contribution in [0.1, 0.15) is 16.7 Å². The van der Waals surface area contributed by atoms with Crippen molar-refractivity contribution in [1.82, 2.24) is 0 Å². The molecule has 98 valence electrons. The minimum Gasteiger partial charge on any atom is -0.392 e. The first-order chi connectivity index (χ1) is 9.24. The third-order valence-corrected chi connectivity index (χ3v) is 4.38. The summed E-state index contributed by atoms with van der Waals surface area (Å²) >= 11 is 6.15. The predicted octanol–water partition coefficient (Wildman–Crippen LogP) is 3.66. The number of rotatable bonds is 3. The molecule has 0 saturated carbocycles. The average molecular weight is 273 g/mol. The van der Waals surface area contributed by atoms with Gasteiger partial charge < -0.3 is 5.11 Å². The highest BCUT2D eigenvalue weighted by atomic mass is 35.5. The molecule has 2 aromatic carbocycles. The third kappa shape index (κ3) is 2.68. The Labute approximate surface area is 118 Å². The summed E-state index contributed by atoms with van der Waals surface area (Å²) in [4.78, 5) is 0. The van der Waals surface area contributed by atoms with Crippen molar-refractivity contribution in [1.29, 1.82) is 0 Å². The van der Waals surface area contributed by atoms with Crippen molar-refractivity contribution in [3.05, 3.63) is 70.2 Å². The Bertz CT molecular complexity index is 554. The average Bonchev–Trinajstić information content (AvgIpc) is 2.85. The van der Waals surface area contributed by atoms with Gasteiger partial charge in [0.25, 0.3) is 0 Å². The second kappa shape index (κ2) is 5.36. The summed E-state index contributed by atoms with van der Waals surface area (Å²) in [5.41, 5.74) is 3.80. The fraction of sp³-hybridized carbons (Fsp3) is 0.294. The summed E-state index contributed by atoms with van der Waals surface area (Å²) in [7, 11) is 0. The van der Waals surface area contributed by atoms with Crippen molar-refractivity contribution < 1.29 is 5.11 Å². The van der Waals surface area contributed by atoms with E-state index in [4.69, 9.17) is 11.6 Å². The lowest BCUT2D eigenvalue weighted by Gasteiger charge is -2.18. The van der Waals surface area contributed by atoms with E-state index >= 15 is 0 Å². The van der Waals surface area contributed by atoms with Crippen LogP contribution in [0.25, 0.3) is 0 Å². The molecular weight excluding hydrogens is 256 g/mol. The van der Waals surface area contributed by atoms with E-state index < -0.39 is 0 Å². The normalized spacial score (nSPS) is 16.3. The summed E-state index contributed by atoms with van der Waals surface area (Å²) in [6.07, 6.45) is 2.26. The van der Waals surface area contributed by atoms with E-state index in [0.29, 0.717) is 12.3 Å². The van der Waals surface area contributed by atoms with E-state index in [1.165, 1.54) is 11.1 Å². The van der Waals surface area contributed by atoms with Crippen LogP contribution in [0.15, 0.2) is 48.5 Å². The Balaban J connectivity index is 1.70. The molecule has 0 spiro atoms. The molecule has 3 rings (SSSR count). The lowest BCUT2D eigenvalue weighted by molar-refractivity contribution is 0.113. The molecule has 1 atom stereocenters. The van der Waals surface area contributed by atoms with Gasteiger partial charge in [-0.15, -0.1) is 0 Å². The zero-order valence-electron chi connectivity index (χ0n) is 10.7. The van der Waals surface area contributed by atoms with Gasteiger partial charge in [-0.05, 0) is 41.5 Å². The molecular formula is C17H17ClO. The molecule has 2 aromatic rings. The Morgan fingerprint density at radius 3 is 2.21 bits per heavy atom. The highest BCUT2D eigenvalue weighted by Crippen LogP contribution is 2.30. The molecule has 19 heavy (non-hydrogen) atoms. The molecule has 1 aliphatic carbocycles. The molecule has 1 nitrogen and oxygen atoms in total. The van der Waals surface area contributed by atoms with Gasteiger partial charge in [-0.3, -0.25) is 0 Å². The summed E-state index contributed by atoms with van der Waals surface area (Å²) in [6, 6.07) is 16.2. The van der Waals surface area contributed by atoms with E-state index in [2.05, 4.69) is 24.3 Å².